The van der Waals surface area contributed by atoms with Gasteiger partial charge in [0.2, 0.25) is 0 Å². The average Bonchev–Trinajstić information content (AvgIpc) is 2.22. The van der Waals surface area contributed by atoms with E-state index in [1.165, 1.54) is 0 Å². The zero-order valence-corrected chi connectivity index (χ0v) is 5.96. The summed E-state index contributed by atoms with van der Waals surface area (Å²) in [6.07, 6.45) is 0. The van der Waals surface area contributed by atoms with E-state index in [2.05, 4.69) is 5.32 Å². The van der Waals surface area contributed by atoms with E-state index in [1.807, 2.05) is 0 Å². The fraction of sp³-hybridized carbons (Fsp3) is 1.00. The molecular formula is C6H11ClFN. The smallest absolute Gasteiger partial charge is 0.0929 e. The van der Waals surface area contributed by atoms with Crippen LogP contribution in [0.5, 0.6) is 0 Å². The Morgan fingerprint density at radius 1 is 1.33 bits per heavy atom. The van der Waals surface area contributed by atoms with Crippen LogP contribution in [-0.4, -0.2) is 19.8 Å². The average molecular weight is 152 g/mol. The first-order chi connectivity index (χ1) is 3.93. The molecular weight excluding hydrogens is 141 g/mol. The van der Waals surface area contributed by atoms with Gasteiger partial charge < -0.3 is 5.32 Å². The van der Waals surface area contributed by atoms with Crippen molar-refractivity contribution in [2.45, 2.75) is 0 Å². The molecule has 0 aromatic heterocycles. The largest absolute Gasteiger partial charge is 0.316 e. The lowest BCUT2D eigenvalue weighted by atomic mass is 10.3. The van der Waals surface area contributed by atoms with Gasteiger partial charge in [0, 0.05) is 0 Å². The maximum Gasteiger partial charge on any atom is 0.0929 e. The number of alkyl halides is 1. The maximum atomic E-state index is 11.9. The second-order valence-corrected chi connectivity index (χ2v) is 2.80. The van der Waals surface area contributed by atoms with Crippen LogP contribution in [0.1, 0.15) is 0 Å². The summed E-state index contributed by atoms with van der Waals surface area (Å²) in [5, 5.41) is 3.22. The molecule has 3 heteroatoms. The predicted octanol–water partition coefficient (Wildman–Crippen LogP) is 0.843. The minimum Gasteiger partial charge on any atom is -0.316 e. The van der Waals surface area contributed by atoms with Crippen LogP contribution in [0.2, 0.25) is 0 Å². The fourth-order valence-corrected chi connectivity index (χ4v) is 1.78. The lowest BCUT2D eigenvalue weighted by Gasteiger charge is -1.96. The summed E-state index contributed by atoms with van der Waals surface area (Å²) < 4.78 is 11.9. The number of halogens is 2. The van der Waals surface area contributed by atoms with Gasteiger partial charge in [-0.2, -0.15) is 0 Å². The molecule has 2 rings (SSSR count). The lowest BCUT2D eigenvalue weighted by Crippen LogP contribution is -2.15. The standard InChI is InChI=1S/C6H10FN.ClH/c7-1-4-5-2-8-3-6(4)5;/h4-6,8H,1-3H2;1H. The van der Waals surface area contributed by atoms with Crippen LogP contribution in [0.3, 0.4) is 0 Å². The molecule has 1 nitrogen and oxygen atoms in total. The molecule has 0 radical (unpaired) electrons. The first kappa shape index (κ1) is 7.29. The van der Waals surface area contributed by atoms with Crippen LogP contribution in [0.15, 0.2) is 0 Å². The molecule has 1 saturated carbocycles. The van der Waals surface area contributed by atoms with Gasteiger partial charge in [-0.1, -0.05) is 0 Å². The summed E-state index contributed by atoms with van der Waals surface area (Å²) >= 11 is 0. The topological polar surface area (TPSA) is 12.0 Å². The number of nitrogens with one attached hydrogen (secondary N) is 1. The zero-order valence-electron chi connectivity index (χ0n) is 5.14. The van der Waals surface area contributed by atoms with E-state index in [4.69, 9.17) is 0 Å². The van der Waals surface area contributed by atoms with Gasteiger partial charge in [-0.15, -0.1) is 12.4 Å². The van der Waals surface area contributed by atoms with Gasteiger partial charge in [-0.3, -0.25) is 4.39 Å². The van der Waals surface area contributed by atoms with Gasteiger partial charge in [-0.05, 0) is 30.8 Å². The Bertz CT molecular complexity index is 92.5. The Morgan fingerprint density at radius 2 is 1.89 bits per heavy atom. The van der Waals surface area contributed by atoms with Gasteiger partial charge in [0.15, 0.2) is 0 Å². The molecule has 0 amide bonds. The third-order valence-electron chi connectivity index (χ3n) is 2.45. The highest BCUT2D eigenvalue weighted by atomic mass is 35.5. The Morgan fingerprint density at radius 3 is 2.22 bits per heavy atom. The first-order valence-electron chi connectivity index (χ1n) is 3.20. The molecule has 0 bridgehead atoms. The van der Waals surface area contributed by atoms with Crippen molar-refractivity contribution in [1.29, 1.82) is 0 Å². The van der Waals surface area contributed by atoms with Crippen LogP contribution < -0.4 is 5.32 Å². The van der Waals surface area contributed by atoms with Crippen molar-refractivity contribution in [3.63, 3.8) is 0 Å². The van der Waals surface area contributed by atoms with Gasteiger partial charge >= 0.3 is 0 Å². The second-order valence-electron chi connectivity index (χ2n) is 2.80. The van der Waals surface area contributed by atoms with E-state index in [0.29, 0.717) is 17.8 Å². The van der Waals surface area contributed by atoms with E-state index in [0.717, 1.165) is 13.1 Å². The van der Waals surface area contributed by atoms with Crippen LogP contribution in [0.4, 0.5) is 4.39 Å². The van der Waals surface area contributed by atoms with E-state index in [-0.39, 0.29) is 19.1 Å². The van der Waals surface area contributed by atoms with Crippen molar-refractivity contribution in [3.05, 3.63) is 0 Å². The number of piperidine rings is 1. The highest BCUT2D eigenvalue weighted by molar-refractivity contribution is 5.85. The minimum atomic E-state index is -0.0863. The predicted molar refractivity (Wildman–Crippen MR) is 36.6 cm³/mol. The Labute approximate surface area is 60.4 Å². The van der Waals surface area contributed by atoms with Gasteiger partial charge in [0.25, 0.3) is 0 Å². The molecule has 54 valence electrons. The molecule has 1 N–H and O–H groups in total. The lowest BCUT2D eigenvalue weighted by molar-refractivity contribution is 0.413. The zero-order chi connectivity index (χ0) is 5.56. The van der Waals surface area contributed by atoms with Gasteiger partial charge in [0.1, 0.15) is 0 Å². The second kappa shape index (κ2) is 2.43. The molecule has 1 saturated heterocycles. The van der Waals surface area contributed by atoms with Gasteiger partial charge in [-0.25, -0.2) is 0 Å². The van der Waals surface area contributed by atoms with Crippen molar-refractivity contribution >= 4 is 12.4 Å². The van der Waals surface area contributed by atoms with E-state index >= 15 is 0 Å². The monoisotopic (exact) mass is 151 g/mol. The normalized spacial score (nSPS) is 45.7. The van der Waals surface area contributed by atoms with Crippen LogP contribution in [0, 0.1) is 17.8 Å². The summed E-state index contributed by atoms with van der Waals surface area (Å²) in [5.74, 6) is 1.86. The number of rotatable bonds is 1. The SMILES string of the molecule is Cl.FCC1C2CNCC12. The van der Waals surface area contributed by atoms with Crippen molar-refractivity contribution < 1.29 is 4.39 Å². The fourth-order valence-electron chi connectivity index (χ4n) is 1.78. The molecule has 2 unspecified atom stereocenters. The summed E-state index contributed by atoms with van der Waals surface area (Å²) in [6.45, 7) is 2.05. The van der Waals surface area contributed by atoms with E-state index in [1.54, 1.807) is 0 Å². The Kier molecular flexibility index (Phi) is 1.97. The minimum absolute atomic E-state index is 0. The van der Waals surface area contributed by atoms with Crippen molar-refractivity contribution in [3.8, 4) is 0 Å². The van der Waals surface area contributed by atoms with E-state index in [9.17, 15) is 4.39 Å². The molecule has 2 aliphatic rings. The third-order valence-corrected chi connectivity index (χ3v) is 2.45. The first-order valence-corrected chi connectivity index (χ1v) is 3.20. The summed E-state index contributed by atoms with van der Waals surface area (Å²) in [4.78, 5) is 0. The Balaban J connectivity index is 0.000000405. The molecule has 1 heterocycles. The van der Waals surface area contributed by atoms with E-state index < -0.39 is 0 Å². The van der Waals surface area contributed by atoms with Crippen LogP contribution in [0.25, 0.3) is 0 Å². The summed E-state index contributed by atoms with van der Waals surface area (Å²) in [5.41, 5.74) is 0. The summed E-state index contributed by atoms with van der Waals surface area (Å²) in [7, 11) is 0. The maximum absolute atomic E-state index is 11.9. The molecule has 2 fully saturated rings. The number of fused-ring (bicyclic) bond motifs is 1. The molecule has 0 aromatic rings. The van der Waals surface area contributed by atoms with Crippen molar-refractivity contribution in [2.24, 2.45) is 17.8 Å². The molecule has 0 spiro atoms. The Hall–Kier alpha value is 0.180. The molecule has 0 aromatic carbocycles. The highest BCUT2D eigenvalue weighted by Gasteiger charge is 2.52. The molecule has 1 aliphatic carbocycles. The van der Waals surface area contributed by atoms with Crippen LogP contribution >= 0.6 is 12.4 Å². The van der Waals surface area contributed by atoms with Crippen molar-refractivity contribution in [2.75, 3.05) is 19.8 Å². The highest BCUT2D eigenvalue weighted by Crippen LogP contribution is 2.48. The third kappa shape index (κ3) is 0.945. The molecule has 1 aliphatic heterocycles. The quantitative estimate of drug-likeness (QED) is 0.586. The summed E-state index contributed by atoms with van der Waals surface area (Å²) in [6, 6.07) is 0. The van der Waals surface area contributed by atoms with Gasteiger partial charge in [0.05, 0.1) is 6.67 Å². The number of hydrogen-bond acceptors (Lipinski definition) is 1. The molecule has 2 atom stereocenters. The number of hydrogen-bond donors (Lipinski definition) is 1. The van der Waals surface area contributed by atoms with Crippen molar-refractivity contribution in [1.82, 2.24) is 5.32 Å². The molecule has 9 heavy (non-hydrogen) atoms. The van der Waals surface area contributed by atoms with Crippen LogP contribution in [-0.2, 0) is 0 Å².